The van der Waals surface area contributed by atoms with Crippen molar-refractivity contribution in [2.75, 3.05) is 0 Å². The van der Waals surface area contributed by atoms with Crippen molar-refractivity contribution in [1.29, 1.82) is 0 Å². The van der Waals surface area contributed by atoms with Gasteiger partial charge in [0.05, 0.1) is 29.7 Å². The molecule has 0 aromatic heterocycles. The van der Waals surface area contributed by atoms with Gasteiger partial charge in [0.15, 0.2) is 0 Å². The second kappa shape index (κ2) is 5.58. The second-order valence-corrected chi connectivity index (χ2v) is 5.48. The topological polar surface area (TPSA) is 80.7 Å². The number of β-lactam (4-membered cyclic amide) rings is 1. The minimum absolute atomic E-state index is 0. The Balaban J connectivity index is 0.00000133. The Labute approximate surface area is 154 Å². The van der Waals surface area contributed by atoms with Crippen LogP contribution in [-0.2, 0) is 9.59 Å². The van der Waals surface area contributed by atoms with Crippen molar-refractivity contribution in [2.24, 2.45) is 11.8 Å². The van der Waals surface area contributed by atoms with Crippen molar-refractivity contribution >= 4 is 11.9 Å². The molecule has 2 aliphatic heterocycles. The fourth-order valence-corrected chi connectivity index (χ4v) is 3.81. The van der Waals surface area contributed by atoms with Crippen molar-refractivity contribution in [1.82, 2.24) is 4.90 Å². The summed E-state index contributed by atoms with van der Waals surface area (Å²) >= 11 is 0. The van der Waals surface area contributed by atoms with Crippen LogP contribution < -0.4 is 56.5 Å². The van der Waals surface area contributed by atoms with Crippen LogP contribution in [0, 0.1) is 11.8 Å². The molecular formula is C13H16KNO4. The smallest absolute Gasteiger partial charge is 0.543 e. The molecule has 0 aromatic carbocycles. The third-order valence-electron chi connectivity index (χ3n) is 4.52. The van der Waals surface area contributed by atoms with Gasteiger partial charge in [0.2, 0.25) is 5.91 Å². The number of aliphatic carboxylic acids is 1. The Morgan fingerprint density at radius 2 is 2.16 bits per heavy atom. The van der Waals surface area contributed by atoms with E-state index < -0.39 is 18.0 Å². The molecule has 98 valence electrons. The molecule has 1 aliphatic carbocycles. The number of carbonyl (C=O) groups excluding carboxylic acids is 2. The standard InChI is InChI=1S/C13H17NO4.K/c1-6(15)9-10-7-4-2-3-5-8(7)11(13(17)18)14(10)12(9)16;/h6-7,9-10,15H,2-5H2,1H3,(H,17,18);/q;+1/p-1/t6-,7+,9-,10-;/m1./s1. The van der Waals surface area contributed by atoms with Crippen LogP contribution in [0.4, 0.5) is 0 Å². The fraction of sp³-hybridized carbons (Fsp3) is 0.692. The van der Waals surface area contributed by atoms with Crippen LogP contribution in [0.1, 0.15) is 32.6 Å². The largest absolute Gasteiger partial charge is 1.00 e. The van der Waals surface area contributed by atoms with E-state index in [0.29, 0.717) is 0 Å². The van der Waals surface area contributed by atoms with Gasteiger partial charge in [-0.2, -0.15) is 0 Å². The molecule has 6 heteroatoms. The molecule has 19 heavy (non-hydrogen) atoms. The van der Waals surface area contributed by atoms with Crippen LogP contribution in [0.15, 0.2) is 11.3 Å². The molecule has 1 N–H and O–H groups in total. The van der Waals surface area contributed by atoms with Crippen molar-refractivity contribution < 1.29 is 71.2 Å². The number of carboxylic acids is 1. The van der Waals surface area contributed by atoms with Crippen LogP contribution in [0.5, 0.6) is 0 Å². The Hall–Kier alpha value is 0.276. The number of carboxylic acid groups (broad SMARTS) is 1. The van der Waals surface area contributed by atoms with E-state index in [4.69, 9.17) is 0 Å². The molecule has 1 amide bonds. The maximum Gasteiger partial charge on any atom is 1.00 e. The van der Waals surface area contributed by atoms with Gasteiger partial charge in [0.25, 0.3) is 0 Å². The number of aliphatic hydroxyl groups excluding tert-OH is 1. The molecule has 0 radical (unpaired) electrons. The summed E-state index contributed by atoms with van der Waals surface area (Å²) in [5.74, 6) is -1.85. The van der Waals surface area contributed by atoms with Crippen molar-refractivity contribution in [2.45, 2.75) is 44.8 Å². The molecule has 0 unspecified atom stereocenters. The SMILES string of the molecule is C[C@@H](O)[C@H]1C(=O)N2C(C(=O)[O-])=C3CCCC[C@@H]3[C@H]12.[K+]. The van der Waals surface area contributed by atoms with Gasteiger partial charge in [0.1, 0.15) is 0 Å². The van der Waals surface area contributed by atoms with E-state index in [0.717, 1.165) is 31.3 Å². The first kappa shape index (κ1) is 15.7. The summed E-state index contributed by atoms with van der Waals surface area (Å²) in [4.78, 5) is 24.6. The average molecular weight is 289 g/mol. The molecule has 0 spiro atoms. The number of hydrogen-bond donors (Lipinski definition) is 1. The maximum atomic E-state index is 12.0. The molecule has 2 fully saturated rings. The number of aliphatic hydroxyl groups is 1. The number of fused-ring (bicyclic) bond motifs is 3. The van der Waals surface area contributed by atoms with Gasteiger partial charge >= 0.3 is 51.4 Å². The van der Waals surface area contributed by atoms with Gasteiger partial charge in [-0.05, 0) is 31.8 Å². The quantitative estimate of drug-likeness (QED) is 0.421. The molecule has 0 bridgehead atoms. The summed E-state index contributed by atoms with van der Waals surface area (Å²) in [6.45, 7) is 1.60. The Morgan fingerprint density at radius 1 is 1.47 bits per heavy atom. The summed E-state index contributed by atoms with van der Waals surface area (Å²) in [6, 6.07) is -0.152. The molecule has 0 aromatic rings. The average Bonchev–Trinajstić information content (AvgIpc) is 2.60. The van der Waals surface area contributed by atoms with E-state index in [1.165, 1.54) is 4.90 Å². The molecule has 3 aliphatic rings. The number of carbonyl (C=O) groups is 2. The first-order valence-electron chi connectivity index (χ1n) is 6.49. The normalized spacial score (nSPS) is 34.1. The van der Waals surface area contributed by atoms with Gasteiger partial charge in [-0.15, -0.1) is 0 Å². The zero-order valence-corrected chi connectivity index (χ0v) is 14.4. The van der Waals surface area contributed by atoms with Gasteiger partial charge in [-0.1, -0.05) is 6.42 Å². The third-order valence-corrected chi connectivity index (χ3v) is 4.52. The van der Waals surface area contributed by atoms with Gasteiger partial charge < -0.3 is 19.9 Å². The van der Waals surface area contributed by atoms with Crippen molar-refractivity contribution in [3.63, 3.8) is 0 Å². The van der Waals surface area contributed by atoms with E-state index in [1.807, 2.05) is 0 Å². The summed E-state index contributed by atoms with van der Waals surface area (Å²) in [5.41, 5.74) is 0.953. The monoisotopic (exact) mass is 289 g/mol. The van der Waals surface area contributed by atoms with Crippen LogP contribution in [-0.4, -0.2) is 34.0 Å². The molecule has 4 atom stereocenters. The van der Waals surface area contributed by atoms with Crippen molar-refractivity contribution in [3.05, 3.63) is 11.3 Å². The zero-order valence-electron chi connectivity index (χ0n) is 11.3. The van der Waals surface area contributed by atoms with Gasteiger partial charge in [-0.3, -0.25) is 4.79 Å². The number of hydrogen-bond acceptors (Lipinski definition) is 4. The number of nitrogens with zero attached hydrogens (tertiary/aromatic N) is 1. The predicted molar refractivity (Wildman–Crippen MR) is 59.8 cm³/mol. The summed E-state index contributed by atoms with van der Waals surface area (Å²) in [7, 11) is 0. The summed E-state index contributed by atoms with van der Waals surface area (Å²) in [6.07, 6.45) is 2.95. The Kier molecular flexibility index (Phi) is 4.60. The van der Waals surface area contributed by atoms with Crippen LogP contribution in [0.2, 0.25) is 0 Å². The molecule has 2 heterocycles. The van der Waals surface area contributed by atoms with Crippen LogP contribution in [0.3, 0.4) is 0 Å². The van der Waals surface area contributed by atoms with E-state index in [-0.39, 0.29) is 74.9 Å². The summed E-state index contributed by atoms with van der Waals surface area (Å²) < 4.78 is 0. The van der Waals surface area contributed by atoms with Crippen molar-refractivity contribution in [3.8, 4) is 0 Å². The van der Waals surface area contributed by atoms with E-state index >= 15 is 0 Å². The first-order chi connectivity index (χ1) is 8.54. The van der Waals surface area contributed by atoms with Crippen LogP contribution >= 0.6 is 0 Å². The zero-order chi connectivity index (χ0) is 13.0. The predicted octanol–water partition coefficient (Wildman–Crippen LogP) is -3.59. The van der Waals surface area contributed by atoms with E-state index in [2.05, 4.69) is 0 Å². The molecule has 1 saturated carbocycles. The Bertz CT molecular complexity index is 460. The molecule has 5 nitrogen and oxygen atoms in total. The maximum absolute atomic E-state index is 12.0. The number of rotatable bonds is 2. The van der Waals surface area contributed by atoms with Gasteiger partial charge in [0, 0.05) is 5.92 Å². The van der Waals surface area contributed by atoms with Gasteiger partial charge in [-0.25, -0.2) is 0 Å². The fourth-order valence-electron chi connectivity index (χ4n) is 3.81. The van der Waals surface area contributed by atoms with Crippen LogP contribution in [0.25, 0.3) is 0 Å². The minimum Gasteiger partial charge on any atom is -0.543 e. The second-order valence-electron chi connectivity index (χ2n) is 5.48. The molecule has 1 saturated heterocycles. The first-order valence-corrected chi connectivity index (χ1v) is 6.49. The minimum atomic E-state index is -1.25. The van der Waals surface area contributed by atoms with E-state index in [1.54, 1.807) is 6.92 Å². The van der Waals surface area contributed by atoms with E-state index in [9.17, 15) is 19.8 Å². The summed E-state index contributed by atoms with van der Waals surface area (Å²) in [5, 5.41) is 20.9. The number of amides is 1. The molecular weight excluding hydrogens is 273 g/mol. The Morgan fingerprint density at radius 3 is 2.74 bits per heavy atom. The molecule has 3 rings (SSSR count). The third kappa shape index (κ3) is 2.17.